The van der Waals surface area contributed by atoms with Gasteiger partial charge in [0.1, 0.15) is 26.5 Å². The first kappa shape index (κ1) is 30.7. The summed E-state index contributed by atoms with van der Waals surface area (Å²) in [6.07, 6.45) is 5.42. The van der Waals surface area contributed by atoms with Crippen LogP contribution in [0.3, 0.4) is 0 Å². The minimum atomic E-state index is -3.03. The molecule has 2 saturated carbocycles. The summed E-state index contributed by atoms with van der Waals surface area (Å²) >= 11 is 0. The second kappa shape index (κ2) is 11.4. The Morgan fingerprint density at radius 2 is 1.81 bits per heavy atom. The minimum absolute atomic E-state index is 0.0478. The van der Waals surface area contributed by atoms with Crippen molar-refractivity contribution in [2.24, 2.45) is 5.92 Å². The molecule has 0 aliphatic heterocycles. The van der Waals surface area contributed by atoms with Gasteiger partial charge in [-0.2, -0.15) is 5.26 Å². The van der Waals surface area contributed by atoms with Gasteiger partial charge in [-0.25, -0.2) is 17.2 Å². The highest BCUT2D eigenvalue weighted by Gasteiger charge is 2.53. The zero-order valence-corrected chi connectivity index (χ0v) is 25.0. The SMILES string of the molecule is CC1CC(OCCCS(C)(=O)=O)=CC=C1c1ccc2cc(C(=O)NC3(C(=O)NC4(C#N)CC4)CCC(F)(F)CC3)oc2c1. The lowest BCUT2D eigenvalue weighted by molar-refractivity contribution is -0.133. The van der Waals surface area contributed by atoms with E-state index in [9.17, 15) is 32.0 Å². The number of nitriles is 1. The molecular weight excluding hydrogens is 580 g/mol. The fourth-order valence-corrected chi connectivity index (χ4v) is 6.26. The van der Waals surface area contributed by atoms with Gasteiger partial charge in [-0.1, -0.05) is 25.1 Å². The Balaban J connectivity index is 1.30. The van der Waals surface area contributed by atoms with Crippen molar-refractivity contribution in [1.29, 1.82) is 5.26 Å². The molecule has 3 aliphatic carbocycles. The van der Waals surface area contributed by atoms with Crippen LogP contribution < -0.4 is 10.6 Å². The van der Waals surface area contributed by atoms with Crippen molar-refractivity contribution in [3.05, 3.63) is 53.5 Å². The standard InChI is InChI=1S/C31H35F2N3O6S/c1-20-16-23(41-14-3-15-43(2,39)40)6-7-24(20)21-4-5-22-18-26(42-25(22)17-21)27(37)35-30(10-12-31(32,33)13-11-30)28(38)36-29(19-34)8-9-29/h4-7,17-18,20H,3,8-16H2,1-2H3,(H,35,37)(H,36,38). The molecule has 0 bridgehead atoms. The van der Waals surface area contributed by atoms with Crippen LogP contribution >= 0.6 is 0 Å². The zero-order chi connectivity index (χ0) is 31.0. The fraction of sp³-hybridized carbons (Fsp3) is 0.516. The number of halogens is 2. The lowest BCUT2D eigenvalue weighted by Gasteiger charge is -2.39. The number of alkyl halides is 2. The van der Waals surface area contributed by atoms with Gasteiger partial charge in [-0.05, 0) is 67.4 Å². The molecule has 1 heterocycles. The number of nitrogens with zero attached hydrogens (tertiary/aromatic N) is 1. The summed E-state index contributed by atoms with van der Waals surface area (Å²) in [5.74, 6) is -3.33. The molecule has 230 valence electrons. The Bertz CT molecular complexity index is 1640. The number of carbonyl (C=O) groups is 2. The molecule has 2 aromatic rings. The molecule has 1 aromatic heterocycles. The number of carbonyl (C=O) groups excluding carboxylic acids is 2. The van der Waals surface area contributed by atoms with Crippen LogP contribution in [0.15, 0.2) is 46.6 Å². The van der Waals surface area contributed by atoms with Crippen LogP contribution in [0.1, 0.15) is 74.4 Å². The van der Waals surface area contributed by atoms with Crippen LogP contribution in [0.25, 0.3) is 16.5 Å². The molecule has 9 nitrogen and oxygen atoms in total. The highest BCUT2D eigenvalue weighted by atomic mass is 32.2. The molecule has 12 heteroatoms. The molecule has 0 spiro atoms. The van der Waals surface area contributed by atoms with Gasteiger partial charge in [0, 0.05) is 30.9 Å². The van der Waals surface area contributed by atoms with Crippen LogP contribution in [0.4, 0.5) is 8.78 Å². The van der Waals surface area contributed by atoms with Gasteiger partial charge in [0.25, 0.3) is 5.91 Å². The summed E-state index contributed by atoms with van der Waals surface area (Å²) in [4.78, 5) is 26.6. The zero-order valence-electron chi connectivity index (χ0n) is 24.2. The molecule has 1 aromatic carbocycles. The van der Waals surface area contributed by atoms with Crippen LogP contribution in [0, 0.1) is 17.2 Å². The number of furan rings is 1. The van der Waals surface area contributed by atoms with E-state index in [0.717, 1.165) is 16.9 Å². The molecule has 0 saturated heterocycles. The van der Waals surface area contributed by atoms with E-state index in [-0.39, 0.29) is 30.3 Å². The van der Waals surface area contributed by atoms with E-state index in [0.29, 0.717) is 43.3 Å². The second-order valence-corrected chi connectivity index (χ2v) is 14.4. The number of nitrogens with one attached hydrogen (secondary N) is 2. The van der Waals surface area contributed by atoms with E-state index in [4.69, 9.17) is 9.15 Å². The maximum absolute atomic E-state index is 14.0. The number of fused-ring (bicyclic) bond motifs is 1. The maximum atomic E-state index is 14.0. The quantitative estimate of drug-likeness (QED) is 0.357. The summed E-state index contributed by atoms with van der Waals surface area (Å²) in [6.45, 7) is 2.38. The topological polar surface area (TPSA) is 138 Å². The lowest BCUT2D eigenvalue weighted by Crippen LogP contribution is -2.62. The average molecular weight is 616 g/mol. The van der Waals surface area contributed by atoms with Crippen LogP contribution in [0.5, 0.6) is 0 Å². The van der Waals surface area contributed by atoms with Crippen molar-refractivity contribution >= 4 is 38.2 Å². The van der Waals surface area contributed by atoms with Gasteiger partial charge in [-0.3, -0.25) is 9.59 Å². The number of hydrogen-bond acceptors (Lipinski definition) is 7. The molecule has 2 N–H and O–H groups in total. The number of ether oxygens (including phenoxy) is 1. The molecular formula is C31H35F2N3O6S. The first-order chi connectivity index (χ1) is 20.2. The Kier molecular flexibility index (Phi) is 8.15. The van der Waals surface area contributed by atoms with Crippen LogP contribution in [-0.4, -0.2) is 55.8 Å². The van der Waals surface area contributed by atoms with Crippen molar-refractivity contribution < 1.29 is 35.9 Å². The van der Waals surface area contributed by atoms with E-state index in [1.807, 2.05) is 30.4 Å². The highest BCUT2D eigenvalue weighted by Crippen LogP contribution is 2.41. The summed E-state index contributed by atoms with van der Waals surface area (Å²) in [7, 11) is -3.03. The van der Waals surface area contributed by atoms with Gasteiger partial charge in [0.2, 0.25) is 11.8 Å². The van der Waals surface area contributed by atoms with E-state index in [1.54, 1.807) is 6.07 Å². The van der Waals surface area contributed by atoms with E-state index in [1.165, 1.54) is 6.26 Å². The Labute approximate surface area is 249 Å². The minimum Gasteiger partial charge on any atom is -0.498 e. The van der Waals surface area contributed by atoms with E-state index < -0.39 is 51.5 Å². The smallest absolute Gasteiger partial charge is 0.287 e. The Morgan fingerprint density at radius 3 is 2.44 bits per heavy atom. The number of hydrogen-bond donors (Lipinski definition) is 2. The molecule has 5 rings (SSSR count). The van der Waals surface area contributed by atoms with Gasteiger partial charge >= 0.3 is 0 Å². The maximum Gasteiger partial charge on any atom is 0.287 e. The summed E-state index contributed by atoms with van der Waals surface area (Å²) in [6, 6.07) is 9.19. The van der Waals surface area contributed by atoms with E-state index >= 15 is 0 Å². The molecule has 2 amide bonds. The van der Waals surface area contributed by atoms with Crippen molar-refractivity contribution in [1.82, 2.24) is 10.6 Å². The number of sulfone groups is 1. The number of allylic oxidation sites excluding steroid dienone is 4. The van der Waals surface area contributed by atoms with Crippen molar-refractivity contribution in [3.63, 3.8) is 0 Å². The Morgan fingerprint density at radius 1 is 1.09 bits per heavy atom. The molecule has 2 fully saturated rings. The van der Waals surface area contributed by atoms with Crippen LogP contribution in [0.2, 0.25) is 0 Å². The summed E-state index contributed by atoms with van der Waals surface area (Å²) < 4.78 is 62.3. The number of rotatable bonds is 10. The predicted molar refractivity (Wildman–Crippen MR) is 156 cm³/mol. The van der Waals surface area contributed by atoms with Gasteiger partial charge in [0.15, 0.2) is 5.76 Å². The first-order valence-electron chi connectivity index (χ1n) is 14.4. The van der Waals surface area contributed by atoms with Gasteiger partial charge in [-0.15, -0.1) is 0 Å². The van der Waals surface area contributed by atoms with Crippen LogP contribution in [-0.2, 0) is 19.4 Å². The first-order valence-corrected chi connectivity index (χ1v) is 16.5. The van der Waals surface area contributed by atoms with Crippen molar-refractivity contribution in [3.8, 4) is 6.07 Å². The normalized spacial score (nSPS) is 22.1. The molecule has 43 heavy (non-hydrogen) atoms. The average Bonchev–Trinajstić information content (AvgIpc) is 3.58. The summed E-state index contributed by atoms with van der Waals surface area (Å²) in [5, 5.41) is 15.4. The van der Waals surface area contributed by atoms with Gasteiger partial charge in [0.05, 0.1) is 24.2 Å². The second-order valence-electron chi connectivity index (χ2n) is 12.1. The molecule has 3 aliphatic rings. The highest BCUT2D eigenvalue weighted by molar-refractivity contribution is 7.90. The number of amides is 2. The molecule has 1 atom stereocenters. The molecule has 1 unspecified atom stereocenters. The predicted octanol–water partition coefficient (Wildman–Crippen LogP) is 5.04. The third-order valence-electron chi connectivity index (χ3n) is 8.45. The lowest BCUT2D eigenvalue weighted by atomic mass is 9.78. The van der Waals surface area contributed by atoms with Gasteiger partial charge < -0.3 is 19.8 Å². The molecule has 0 radical (unpaired) electrons. The van der Waals surface area contributed by atoms with Crippen molar-refractivity contribution in [2.75, 3.05) is 18.6 Å². The van der Waals surface area contributed by atoms with E-state index in [2.05, 4.69) is 23.6 Å². The largest absolute Gasteiger partial charge is 0.498 e. The van der Waals surface area contributed by atoms with Crippen molar-refractivity contribution in [2.45, 2.75) is 75.3 Å². The third kappa shape index (κ3) is 7.09. The Hall–Kier alpha value is -3.72. The number of benzene rings is 1. The monoisotopic (exact) mass is 615 g/mol. The fourth-order valence-electron chi connectivity index (χ4n) is 5.62. The summed E-state index contributed by atoms with van der Waals surface area (Å²) in [5.41, 5.74) is -0.189. The third-order valence-corrected chi connectivity index (χ3v) is 9.48.